The van der Waals surface area contributed by atoms with Crippen LogP contribution in [0.3, 0.4) is 0 Å². The highest BCUT2D eigenvalue weighted by molar-refractivity contribution is 6.01. The molecule has 0 bridgehead atoms. The van der Waals surface area contributed by atoms with Crippen LogP contribution < -0.4 is 17.0 Å². The number of anilines is 1. The van der Waals surface area contributed by atoms with Crippen LogP contribution in [0.1, 0.15) is 48.3 Å². The smallest absolute Gasteiger partial charge is 0.332 e. The first kappa shape index (κ1) is 19.2. The topological polar surface area (TPSA) is 95.3 Å². The van der Waals surface area contributed by atoms with Gasteiger partial charge in [0.1, 0.15) is 11.4 Å². The molecule has 0 aliphatic carbocycles. The van der Waals surface area contributed by atoms with Crippen molar-refractivity contribution in [1.29, 1.82) is 0 Å². The maximum atomic E-state index is 13.0. The number of carbonyl (C=O) groups is 1. The van der Waals surface area contributed by atoms with Gasteiger partial charge in [0, 0.05) is 32.5 Å². The molecule has 1 aliphatic rings. The quantitative estimate of drug-likeness (QED) is 0.759. The molecule has 0 amide bonds. The molecule has 1 saturated heterocycles. The zero-order valence-electron chi connectivity index (χ0n) is 16.1. The van der Waals surface area contributed by atoms with E-state index in [1.165, 1.54) is 11.6 Å². The van der Waals surface area contributed by atoms with E-state index in [0.717, 1.165) is 29.6 Å². The van der Waals surface area contributed by atoms with Crippen LogP contribution in [0, 0.1) is 0 Å². The van der Waals surface area contributed by atoms with Gasteiger partial charge in [-0.25, -0.2) is 4.79 Å². The first-order valence-corrected chi connectivity index (χ1v) is 9.34. The number of Topliss-reactive ketones (excluding diaryl/α,β-unsaturated/α-hetero) is 1. The summed E-state index contributed by atoms with van der Waals surface area (Å²) in [4.78, 5) is 40.0. The van der Waals surface area contributed by atoms with Gasteiger partial charge in [-0.15, -0.1) is 0 Å². The summed E-state index contributed by atoms with van der Waals surface area (Å²) in [5.74, 6) is -0.358. The van der Waals surface area contributed by atoms with Crippen molar-refractivity contribution in [1.82, 2.24) is 18.6 Å². The van der Waals surface area contributed by atoms with E-state index in [-0.39, 0.29) is 29.8 Å². The molecule has 2 aromatic heterocycles. The fourth-order valence-electron chi connectivity index (χ4n) is 3.92. The van der Waals surface area contributed by atoms with E-state index in [1.807, 2.05) is 26.2 Å². The lowest BCUT2D eigenvalue weighted by molar-refractivity contribution is 0.0917. The first-order chi connectivity index (χ1) is 12.9. The Balaban J connectivity index is 1.94. The summed E-state index contributed by atoms with van der Waals surface area (Å²) in [6, 6.07) is 4.19. The van der Waals surface area contributed by atoms with Crippen LogP contribution in [0.2, 0.25) is 0 Å². The third kappa shape index (κ3) is 3.37. The average Bonchev–Trinajstić information content (AvgIpc) is 3.25. The number of carbonyl (C=O) groups excluding carboxylic acids is 1. The molecular weight excluding hydrogens is 346 g/mol. The molecule has 8 nitrogen and oxygen atoms in total. The molecule has 1 fully saturated rings. The summed E-state index contributed by atoms with van der Waals surface area (Å²) >= 11 is 0. The van der Waals surface area contributed by atoms with Crippen molar-refractivity contribution >= 4 is 11.6 Å². The van der Waals surface area contributed by atoms with Gasteiger partial charge in [0.2, 0.25) is 0 Å². The van der Waals surface area contributed by atoms with Crippen LogP contribution in [-0.2, 0) is 20.6 Å². The number of likely N-dealkylation sites (tertiary alicyclic amines) is 1. The molecule has 1 atom stereocenters. The van der Waals surface area contributed by atoms with E-state index in [1.54, 1.807) is 0 Å². The lowest BCUT2D eigenvalue weighted by Crippen LogP contribution is -2.44. The molecule has 2 N–H and O–H groups in total. The van der Waals surface area contributed by atoms with E-state index in [0.29, 0.717) is 13.0 Å². The Morgan fingerprint density at radius 3 is 2.67 bits per heavy atom. The zero-order chi connectivity index (χ0) is 19.7. The first-order valence-electron chi connectivity index (χ1n) is 9.34. The summed E-state index contributed by atoms with van der Waals surface area (Å²) in [6.07, 6.45) is 4.62. The number of nitrogens with two attached hydrogens (primary N) is 1. The molecule has 27 heavy (non-hydrogen) atoms. The number of nitrogen functional groups attached to an aromatic ring is 1. The van der Waals surface area contributed by atoms with E-state index in [4.69, 9.17) is 5.73 Å². The Bertz CT molecular complexity index is 969. The van der Waals surface area contributed by atoms with E-state index >= 15 is 0 Å². The Morgan fingerprint density at radius 1 is 1.30 bits per heavy atom. The van der Waals surface area contributed by atoms with Crippen molar-refractivity contribution in [3.63, 3.8) is 0 Å². The Morgan fingerprint density at radius 2 is 2.04 bits per heavy atom. The minimum absolute atomic E-state index is 0.0236. The second kappa shape index (κ2) is 7.56. The van der Waals surface area contributed by atoms with Crippen LogP contribution in [0.5, 0.6) is 0 Å². The van der Waals surface area contributed by atoms with Crippen molar-refractivity contribution in [2.45, 2.75) is 38.8 Å². The third-order valence-corrected chi connectivity index (χ3v) is 5.35. The minimum Gasteiger partial charge on any atom is -0.384 e. The van der Waals surface area contributed by atoms with Crippen LogP contribution in [0.4, 0.5) is 5.82 Å². The number of nitrogens with zero attached hydrogens (tertiary/aromatic N) is 4. The number of hydrogen-bond acceptors (Lipinski definition) is 5. The summed E-state index contributed by atoms with van der Waals surface area (Å²) < 4.78 is 4.34. The second-order valence-electron chi connectivity index (χ2n) is 7.15. The van der Waals surface area contributed by atoms with Gasteiger partial charge in [-0.1, -0.05) is 6.92 Å². The van der Waals surface area contributed by atoms with Crippen molar-refractivity contribution in [3.8, 4) is 0 Å². The van der Waals surface area contributed by atoms with E-state index in [2.05, 4.69) is 15.5 Å². The molecule has 3 rings (SSSR count). The van der Waals surface area contributed by atoms with Crippen LogP contribution in [0.15, 0.2) is 27.9 Å². The summed E-state index contributed by atoms with van der Waals surface area (Å²) in [5.41, 5.74) is 6.04. The van der Waals surface area contributed by atoms with Crippen molar-refractivity contribution in [2.75, 3.05) is 18.8 Å². The largest absolute Gasteiger partial charge is 0.384 e. The molecule has 0 aromatic carbocycles. The van der Waals surface area contributed by atoms with Crippen LogP contribution in [-0.4, -0.2) is 37.5 Å². The SMILES string of the molecule is CCCn1c(N)c(C(=O)CN2CCC[C@H]2c2cccn2C)c(=O)n(C)c1=O. The van der Waals surface area contributed by atoms with Gasteiger partial charge >= 0.3 is 5.69 Å². The van der Waals surface area contributed by atoms with Gasteiger partial charge in [0.15, 0.2) is 5.78 Å². The normalized spacial score (nSPS) is 17.5. The Hall–Kier alpha value is -2.61. The molecule has 3 heterocycles. The summed E-state index contributed by atoms with van der Waals surface area (Å²) in [6.45, 7) is 3.18. The Labute approximate surface area is 157 Å². The monoisotopic (exact) mass is 373 g/mol. The maximum absolute atomic E-state index is 13.0. The number of ketones is 1. The highest BCUT2D eigenvalue weighted by Crippen LogP contribution is 2.31. The summed E-state index contributed by atoms with van der Waals surface area (Å²) in [5, 5.41) is 0. The molecular formula is C19H27N5O3. The average molecular weight is 373 g/mol. The lowest BCUT2D eigenvalue weighted by atomic mass is 10.1. The number of aromatic nitrogens is 3. The lowest BCUT2D eigenvalue weighted by Gasteiger charge is -2.24. The highest BCUT2D eigenvalue weighted by atomic mass is 16.2. The van der Waals surface area contributed by atoms with Gasteiger partial charge in [0.05, 0.1) is 12.6 Å². The van der Waals surface area contributed by atoms with Crippen molar-refractivity contribution in [3.05, 3.63) is 50.4 Å². The number of hydrogen-bond donors (Lipinski definition) is 1. The minimum atomic E-state index is -0.621. The number of rotatable bonds is 6. The second-order valence-corrected chi connectivity index (χ2v) is 7.15. The van der Waals surface area contributed by atoms with E-state index in [9.17, 15) is 14.4 Å². The standard InChI is InChI=1S/C19H27N5O3/c1-4-9-24-17(20)16(18(26)22(3)19(24)27)15(25)12-23-11-6-8-14(23)13-7-5-10-21(13)2/h5,7,10,14H,4,6,8-9,11-12,20H2,1-3H3/t14-/m0/s1. The molecule has 0 spiro atoms. The maximum Gasteiger partial charge on any atom is 0.332 e. The summed E-state index contributed by atoms with van der Waals surface area (Å²) in [7, 11) is 3.37. The molecule has 0 unspecified atom stereocenters. The highest BCUT2D eigenvalue weighted by Gasteiger charge is 2.31. The predicted molar refractivity (Wildman–Crippen MR) is 104 cm³/mol. The molecule has 2 aromatic rings. The molecule has 8 heteroatoms. The zero-order valence-corrected chi connectivity index (χ0v) is 16.1. The fourth-order valence-corrected chi connectivity index (χ4v) is 3.92. The van der Waals surface area contributed by atoms with Crippen LogP contribution in [0.25, 0.3) is 0 Å². The van der Waals surface area contributed by atoms with E-state index < -0.39 is 11.2 Å². The van der Waals surface area contributed by atoms with Crippen molar-refractivity contribution in [2.24, 2.45) is 14.1 Å². The molecule has 146 valence electrons. The number of aryl methyl sites for hydroxylation is 1. The Kier molecular flexibility index (Phi) is 5.36. The van der Waals surface area contributed by atoms with Crippen LogP contribution >= 0.6 is 0 Å². The molecule has 0 saturated carbocycles. The van der Waals surface area contributed by atoms with Gasteiger partial charge in [-0.3, -0.25) is 23.6 Å². The molecule has 1 aliphatic heterocycles. The third-order valence-electron chi connectivity index (χ3n) is 5.35. The van der Waals surface area contributed by atoms with Gasteiger partial charge < -0.3 is 10.3 Å². The van der Waals surface area contributed by atoms with Gasteiger partial charge in [0.25, 0.3) is 5.56 Å². The fraction of sp³-hybridized carbons (Fsp3) is 0.526. The predicted octanol–water partition coefficient (Wildman–Crippen LogP) is 0.898. The van der Waals surface area contributed by atoms with Gasteiger partial charge in [-0.2, -0.15) is 0 Å². The van der Waals surface area contributed by atoms with Gasteiger partial charge in [-0.05, 0) is 37.9 Å². The molecule has 0 radical (unpaired) electrons. The van der Waals surface area contributed by atoms with Crippen molar-refractivity contribution < 1.29 is 4.79 Å².